The molecule has 0 radical (unpaired) electrons. The number of hydrogen-bond acceptors (Lipinski definition) is 4. The first-order valence-corrected chi connectivity index (χ1v) is 5.04. The maximum atomic E-state index is 5.70. The van der Waals surface area contributed by atoms with Crippen LogP contribution in [0.2, 0.25) is 5.15 Å². The minimum absolute atomic E-state index is 0.365. The molecule has 1 saturated heterocycles. The van der Waals surface area contributed by atoms with Crippen molar-refractivity contribution in [3.8, 4) is 6.01 Å². The Hall–Kier alpha value is -0.870. The van der Waals surface area contributed by atoms with Crippen molar-refractivity contribution in [3.63, 3.8) is 0 Å². The molecule has 76 valence electrons. The fourth-order valence-corrected chi connectivity index (χ4v) is 1.57. The molecule has 2 rings (SSSR count). The molecule has 1 N–H and O–H groups in total. The molecule has 0 bridgehead atoms. The number of rotatable bonds is 3. The van der Waals surface area contributed by atoms with Crippen LogP contribution in [0.15, 0.2) is 12.3 Å². The number of halogens is 1. The normalized spacial score (nSPS) is 21.1. The Kier molecular flexibility index (Phi) is 3.16. The number of hydrogen-bond donors (Lipinski definition) is 1. The molecular weight excluding hydrogens is 202 g/mol. The van der Waals surface area contributed by atoms with Gasteiger partial charge in [0.1, 0.15) is 5.15 Å². The second kappa shape index (κ2) is 4.57. The van der Waals surface area contributed by atoms with Crippen LogP contribution in [0.5, 0.6) is 6.01 Å². The summed E-state index contributed by atoms with van der Waals surface area (Å²) in [4.78, 5) is 7.91. The first-order valence-electron chi connectivity index (χ1n) is 4.66. The minimum Gasteiger partial charge on any atom is -0.463 e. The smallest absolute Gasteiger partial charge is 0.317 e. The predicted octanol–water partition coefficient (Wildman–Crippen LogP) is 1.12. The van der Waals surface area contributed by atoms with Gasteiger partial charge in [0, 0.05) is 18.7 Å². The highest BCUT2D eigenvalue weighted by Crippen LogP contribution is 2.11. The van der Waals surface area contributed by atoms with E-state index < -0.39 is 0 Å². The first kappa shape index (κ1) is 9.68. The van der Waals surface area contributed by atoms with E-state index in [4.69, 9.17) is 16.3 Å². The Bertz CT molecular complexity index is 302. The fourth-order valence-electron chi connectivity index (χ4n) is 1.44. The summed E-state index contributed by atoms with van der Waals surface area (Å²) in [6, 6.07) is 2.00. The Labute approximate surface area is 87.7 Å². The van der Waals surface area contributed by atoms with Crippen molar-refractivity contribution >= 4 is 11.6 Å². The second-order valence-electron chi connectivity index (χ2n) is 3.33. The summed E-state index contributed by atoms with van der Waals surface area (Å²) in [6.45, 7) is 2.75. The van der Waals surface area contributed by atoms with E-state index in [-0.39, 0.29) is 0 Å². The van der Waals surface area contributed by atoms with Crippen LogP contribution in [-0.4, -0.2) is 29.7 Å². The van der Waals surface area contributed by atoms with Crippen LogP contribution in [0.1, 0.15) is 6.42 Å². The largest absolute Gasteiger partial charge is 0.463 e. The number of ether oxygens (including phenoxy) is 1. The van der Waals surface area contributed by atoms with Crippen LogP contribution in [0.3, 0.4) is 0 Å². The summed E-state index contributed by atoms with van der Waals surface area (Å²) in [5.41, 5.74) is 0. The average molecular weight is 214 g/mol. The van der Waals surface area contributed by atoms with Crippen LogP contribution in [-0.2, 0) is 0 Å². The topological polar surface area (TPSA) is 47.0 Å². The summed E-state index contributed by atoms with van der Waals surface area (Å²) in [7, 11) is 0. The van der Waals surface area contributed by atoms with Crippen molar-refractivity contribution in [2.75, 3.05) is 19.7 Å². The molecule has 1 unspecified atom stereocenters. The van der Waals surface area contributed by atoms with Crippen LogP contribution in [0.25, 0.3) is 0 Å². The molecule has 1 fully saturated rings. The van der Waals surface area contributed by atoms with E-state index in [0.29, 0.717) is 23.7 Å². The van der Waals surface area contributed by atoms with E-state index in [0.717, 1.165) is 19.5 Å². The second-order valence-corrected chi connectivity index (χ2v) is 3.72. The van der Waals surface area contributed by atoms with Crippen LogP contribution in [0, 0.1) is 5.92 Å². The van der Waals surface area contributed by atoms with Gasteiger partial charge in [-0.25, -0.2) is 4.98 Å². The zero-order chi connectivity index (χ0) is 9.80. The Balaban J connectivity index is 1.85. The molecule has 14 heavy (non-hydrogen) atoms. The third-order valence-electron chi connectivity index (χ3n) is 2.21. The lowest BCUT2D eigenvalue weighted by Crippen LogP contribution is -2.16. The molecule has 0 saturated carbocycles. The molecule has 1 aliphatic rings. The maximum absolute atomic E-state index is 5.70. The maximum Gasteiger partial charge on any atom is 0.317 e. The van der Waals surface area contributed by atoms with Gasteiger partial charge in [0.05, 0.1) is 6.61 Å². The zero-order valence-electron chi connectivity index (χ0n) is 7.74. The number of aromatic nitrogens is 2. The van der Waals surface area contributed by atoms with Crippen LogP contribution in [0.4, 0.5) is 0 Å². The van der Waals surface area contributed by atoms with E-state index in [1.807, 2.05) is 0 Å². The number of nitrogens with one attached hydrogen (secondary N) is 1. The molecule has 1 aromatic rings. The molecule has 0 spiro atoms. The summed E-state index contributed by atoms with van der Waals surface area (Å²) in [5, 5.41) is 3.69. The van der Waals surface area contributed by atoms with Crippen molar-refractivity contribution in [1.29, 1.82) is 0 Å². The molecular formula is C9H12ClN3O. The summed E-state index contributed by atoms with van der Waals surface area (Å²) < 4.78 is 5.42. The number of nitrogens with zero attached hydrogens (tertiary/aromatic N) is 2. The molecule has 1 aliphatic heterocycles. The predicted molar refractivity (Wildman–Crippen MR) is 53.5 cm³/mol. The van der Waals surface area contributed by atoms with Gasteiger partial charge in [-0.1, -0.05) is 11.6 Å². The molecule has 0 aliphatic carbocycles. The van der Waals surface area contributed by atoms with E-state index in [1.54, 1.807) is 12.3 Å². The molecule has 4 nitrogen and oxygen atoms in total. The lowest BCUT2D eigenvalue weighted by Gasteiger charge is -2.08. The summed E-state index contributed by atoms with van der Waals surface area (Å²) in [6.07, 6.45) is 2.75. The fraction of sp³-hybridized carbons (Fsp3) is 0.556. The quantitative estimate of drug-likeness (QED) is 0.765. The van der Waals surface area contributed by atoms with Gasteiger partial charge in [0.25, 0.3) is 0 Å². The standard InChI is InChI=1S/C9H12ClN3O/c10-8-2-4-12-9(13-8)14-6-7-1-3-11-5-7/h2,4,7,11H,1,3,5-6H2. The summed E-state index contributed by atoms with van der Waals surface area (Å²) >= 11 is 5.70. The van der Waals surface area contributed by atoms with Gasteiger partial charge in [-0.05, 0) is 19.0 Å². The van der Waals surface area contributed by atoms with Gasteiger partial charge in [0.2, 0.25) is 0 Å². The third kappa shape index (κ3) is 2.56. The molecule has 5 heteroatoms. The van der Waals surface area contributed by atoms with Crippen molar-refractivity contribution in [2.24, 2.45) is 5.92 Å². The van der Waals surface area contributed by atoms with Gasteiger partial charge in [-0.2, -0.15) is 4.98 Å². The lowest BCUT2D eigenvalue weighted by molar-refractivity contribution is 0.241. The zero-order valence-corrected chi connectivity index (χ0v) is 8.50. The van der Waals surface area contributed by atoms with Crippen molar-refractivity contribution < 1.29 is 4.74 Å². The van der Waals surface area contributed by atoms with E-state index in [9.17, 15) is 0 Å². The highest BCUT2D eigenvalue weighted by molar-refractivity contribution is 6.29. The molecule has 0 aromatic carbocycles. The average Bonchev–Trinajstić information content (AvgIpc) is 2.67. The SMILES string of the molecule is Clc1ccnc(OCC2CCNC2)n1. The molecule has 2 heterocycles. The van der Waals surface area contributed by atoms with Crippen molar-refractivity contribution in [2.45, 2.75) is 6.42 Å². The van der Waals surface area contributed by atoms with E-state index in [1.165, 1.54) is 0 Å². The molecule has 1 atom stereocenters. The van der Waals surface area contributed by atoms with Crippen molar-refractivity contribution in [3.05, 3.63) is 17.4 Å². The Morgan fingerprint density at radius 3 is 3.29 bits per heavy atom. The third-order valence-corrected chi connectivity index (χ3v) is 2.42. The van der Waals surface area contributed by atoms with Gasteiger partial charge in [-0.15, -0.1) is 0 Å². The Morgan fingerprint density at radius 1 is 1.64 bits per heavy atom. The van der Waals surface area contributed by atoms with Gasteiger partial charge in [-0.3, -0.25) is 0 Å². The Morgan fingerprint density at radius 2 is 2.57 bits per heavy atom. The lowest BCUT2D eigenvalue weighted by atomic mass is 10.1. The minimum atomic E-state index is 0.365. The monoisotopic (exact) mass is 213 g/mol. The first-order chi connectivity index (χ1) is 6.84. The van der Waals surface area contributed by atoms with Crippen molar-refractivity contribution in [1.82, 2.24) is 15.3 Å². The van der Waals surface area contributed by atoms with Gasteiger partial charge in [0.15, 0.2) is 0 Å². The summed E-state index contributed by atoms with van der Waals surface area (Å²) in [5.74, 6) is 0.567. The van der Waals surface area contributed by atoms with E-state index in [2.05, 4.69) is 15.3 Å². The highest BCUT2D eigenvalue weighted by Gasteiger charge is 2.15. The van der Waals surface area contributed by atoms with Crippen LogP contribution >= 0.6 is 11.6 Å². The molecule has 1 aromatic heterocycles. The highest BCUT2D eigenvalue weighted by atomic mass is 35.5. The van der Waals surface area contributed by atoms with Gasteiger partial charge >= 0.3 is 6.01 Å². The molecule has 0 amide bonds. The van der Waals surface area contributed by atoms with Gasteiger partial charge < -0.3 is 10.1 Å². The van der Waals surface area contributed by atoms with Crippen LogP contribution < -0.4 is 10.1 Å². The van der Waals surface area contributed by atoms with E-state index >= 15 is 0 Å².